The molecule has 0 bridgehead atoms. The van der Waals surface area contributed by atoms with E-state index in [1.165, 1.54) is 0 Å². The second-order valence-electron chi connectivity index (χ2n) is 6.13. The van der Waals surface area contributed by atoms with Crippen LogP contribution in [0, 0.1) is 6.92 Å². The number of hydrogen-bond acceptors (Lipinski definition) is 3. The van der Waals surface area contributed by atoms with Gasteiger partial charge >= 0.3 is 6.11 Å². The number of nitrogens with zero attached hydrogens (tertiary/aromatic N) is 3. The van der Waals surface area contributed by atoms with Crippen LogP contribution >= 0.6 is 0 Å². The van der Waals surface area contributed by atoms with Crippen molar-refractivity contribution in [2.24, 2.45) is 7.05 Å². The standard InChI is InChI=1S/C18H19F2N3O2/c1-12-8-14(10-22(3)17(12)24)13-4-5-15-16(9-13)23(11-21-15)6-7-25-18(2,19)20/h4-5,8-11H,6-7H2,1-3H3. The molecule has 1 aromatic carbocycles. The van der Waals surface area contributed by atoms with Gasteiger partial charge in [0, 0.05) is 32.3 Å². The Hall–Kier alpha value is -2.54. The molecule has 3 aromatic rings. The molecule has 3 rings (SSSR count). The summed E-state index contributed by atoms with van der Waals surface area (Å²) in [5, 5.41) is 0. The Balaban J connectivity index is 1.94. The van der Waals surface area contributed by atoms with E-state index in [-0.39, 0.29) is 18.7 Å². The summed E-state index contributed by atoms with van der Waals surface area (Å²) in [7, 11) is 1.71. The number of rotatable bonds is 5. The van der Waals surface area contributed by atoms with Crippen molar-refractivity contribution in [1.82, 2.24) is 14.1 Å². The number of aryl methyl sites for hydroxylation is 2. The molecule has 0 saturated heterocycles. The summed E-state index contributed by atoms with van der Waals surface area (Å²) in [5.41, 5.74) is 4.06. The molecule has 0 spiro atoms. The largest absolute Gasteiger partial charge is 0.352 e. The average molecular weight is 347 g/mol. The highest BCUT2D eigenvalue weighted by Crippen LogP contribution is 2.24. The second-order valence-corrected chi connectivity index (χ2v) is 6.13. The monoisotopic (exact) mass is 347 g/mol. The maximum absolute atomic E-state index is 12.8. The molecule has 0 fully saturated rings. The van der Waals surface area contributed by atoms with Crippen molar-refractivity contribution in [3.63, 3.8) is 0 Å². The Kier molecular flexibility index (Phi) is 4.43. The van der Waals surface area contributed by atoms with Gasteiger partial charge < -0.3 is 13.9 Å². The second kappa shape index (κ2) is 6.40. The van der Waals surface area contributed by atoms with Gasteiger partial charge in [0.2, 0.25) is 0 Å². The van der Waals surface area contributed by atoms with E-state index in [4.69, 9.17) is 0 Å². The molecule has 0 aliphatic heterocycles. The molecule has 25 heavy (non-hydrogen) atoms. The molecule has 5 nitrogen and oxygen atoms in total. The van der Waals surface area contributed by atoms with Crippen molar-refractivity contribution in [2.75, 3.05) is 6.61 Å². The lowest BCUT2D eigenvalue weighted by Gasteiger charge is -2.12. The molecule has 0 amide bonds. The van der Waals surface area contributed by atoms with E-state index in [0.29, 0.717) is 5.56 Å². The fraction of sp³-hybridized carbons (Fsp3) is 0.333. The zero-order valence-corrected chi connectivity index (χ0v) is 14.3. The number of pyridine rings is 1. The lowest BCUT2D eigenvalue weighted by atomic mass is 10.1. The van der Waals surface area contributed by atoms with Crippen LogP contribution in [-0.4, -0.2) is 26.8 Å². The zero-order valence-electron chi connectivity index (χ0n) is 14.3. The summed E-state index contributed by atoms with van der Waals surface area (Å²) < 4.78 is 33.4. The first kappa shape index (κ1) is 17.3. The van der Waals surface area contributed by atoms with Crippen LogP contribution in [0.1, 0.15) is 12.5 Å². The number of halogens is 2. The topological polar surface area (TPSA) is 49.0 Å². The summed E-state index contributed by atoms with van der Waals surface area (Å²) in [6.45, 7) is 2.66. The van der Waals surface area contributed by atoms with Gasteiger partial charge in [-0.05, 0) is 36.2 Å². The molecular formula is C18H19F2N3O2. The highest BCUT2D eigenvalue weighted by atomic mass is 19.3. The van der Waals surface area contributed by atoms with Crippen LogP contribution in [0.4, 0.5) is 8.78 Å². The van der Waals surface area contributed by atoms with Crippen LogP contribution in [-0.2, 0) is 18.3 Å². The van der Waals surface area contributed by atoms with Crippen molar-refractivity contribution in [2.45, 2.75) is 26.5 Å². The van der Waals surface area contributed by atoms with E-state index in [2.05, 4.69) is 9.72 Å². The molecule has 0 aliphatic rings. The lowest BCUT2D eigenvalue weighted by molar-refractivity contribution is -0.224. The van der Waals surface area contributed by atoms with Crippen molar-refractivity contribution in [3.8, 4) is 11.1 Å². The summed E-state index contributed by atoms with van der Waals surface area (Å²) >= 11 is 0. The lowest BCUT2D eigenvalue weighted by Crippen LogP contribution is -2.18. The van der Waals surface area contributed by atoms with E-state index < -0.39 is 6.11 Å². The van der Waals surface area contributed by atoms with Gasteiger partial charge in [0.05, 0.1) is 24.0 Å². The van der Waals surface area contributed by atoms with Crippen molar-refractivity contribution in [1.29, 1.82) is 0 Å². The maximum Gasteiger partial charge on any atom is 0.352 e. The van der Waals surface area contributed by atoms with E-state index in [9.17, 15) is 13.6 Å². The predicted molar refractivity (Wildman–Crippen MR) is 91.7 cm³/mol. The molecule has 132 valence electrons. The molecule has 2 heterocycles. The molecule has 0 aliphatic carbocycles. The molecule has 2 aromatic heterocycles. The molecule has 0 radical (unpaired) electrons. The third-order valence-electron chi connectivity index (χ3n) is 4.00. The normalized spacial score (nSPS) is 12.0. The van der Waals surface area contributed by atoms with Crippen LogP contribution < -0.4 is 5.56 Å². The number of benzene rings is 1. The summed E-state index contributed by atoms with van der Waals surface area (Å²) in [5.74, 6) is 0. The number of aromatic nitrogens is 3. The van der Waals surface area contributed by atoms with Crippen molar-refractivity contribution < 1.29 is 13.5 Å². The van der Waals surface area contributed by atoms with Crippen LogP contribution in [0.2, 0.25) is 0 Å². The first-order valence-electron chi connectivity index (χ1n) is 7.89. The Morgan fingerprint density at radius 1 is 1.24 bits per heavy atom. The molecule has 7 heteroatoms. The minimum Gasteiger partial charge on any atom is -0.328 e. The number of alkyl halides is 2. The number of hydrogen-bond donors (Lipinski definition) is 0. The minimum atomic E-state index is -3.14. The van der Waals surface area contributed by atoms with E-state index >= 15 is 0 Å². The van der Waals surface area contributed by atoms with Gasteiger partial charge in [-0.15, -0.1) is 0 Å². The fourth-order valence-corrected chi connectivity index (χ4v) is 2.77. The fourth-order valence-electron chi connectivity index (χ4n) is 2.77. The Bertz CT molecular complexity index is 944. The first-order valence-corrected chi connectivity index (χ1v) is 7.89. The quantitative estimate of drug-likeness (QED) is 0.711. The smallest absolute Gasteiger partial charge is 0.328 e. The number of ether oxygens (including phenoxy) is 1. The van der Waals surface area contributed by atoms with Gasteiger partial charge in [-0.2, -0.15) is 8.78 Å². The van der Waals surface area contributed by atoms with Gasteiger partial charge in [0.1, 0.15) is 0 Å². The molecule has 0 saturated carbocycles. The number of fused-ring (bicyclic) bond motifs is 1. The molecule has 0 unspecified atom stereocenters. The third-order valence-corrected chi connectivity index (χ3v) is 4.00. The van der Waals surface area contributed by atoms with Gasteiger partial charge in [-0.1, -0.05) is 6.07 Å². The number of imidazole rings is 1. The SMILES string of the molecule is Cc1cc(-c2ccc3ncn(CCOC(C)(F)F)c3c2)cn(C)c1=O. The summed E-state index contributed by atoms with van der Waals surface area (Å²) in [6, 6.07) is 7.57. The molecular weight excluding hydrogens is 328 g/mol. The average Bonchev–Trinajstić information content (AvgIpc) is 2.93. The van der Waals surface area contributed by atoms with Crippen LogP contribution in [0.3, 0.4) is 0 Å². The zero-order chi connectivity index (χ0) is 18.2. The Labute approximate surface area is 143 Å². The Morgan fingerprint density at radius 3 is 2.68 bits per heavy atom. The van der Waals surface area contributed by atoms with Gasteiger partial charge in [-0.3, -0.25) is 4.79 Å². The highest BCUT2D eigenvalue weighted by Gasteiger charge is 2.21. The van der Waals surface area contributed by atoms with E-state index in [1.807, 2.05) is 24.3 Å². The van der Waals surface area contributed by atoms with Crippen molar-refractivity contribution >= 4 is 11.0 Å². The molecule has 0 N–H and O–H groups in total. The van der Waals surface area contributed by atoms with Crippen LogP contribution in [0.5, 0.6) is 0 Å². The Morgan fingerprint density at radius 2 is 2.00 bits per heavy atom. The van der Waals surface area contributed by atoms with Gasteiger partial charge in [0.25, 0.3) is 5.56 Å². The highest BCUT2D eigenvalue weighted by molar-refractivity contribution is 5.82. The van der Waals surface area contributed by atoms with Gasteiger partial charge in [0.15, 0.2) is 0 Å². The molecule has 0 atom stereocenters. The maximum atomic E-state index is 12.8. The van der Waals surface area contributed by atoms with Crippen molar-refractivity contribution in [3.05, 3.63) is 52.7 Å². The third kappa shape index (κ3) is 3.76. The first-order chi connectivity index (χ1) is 11.7. The van der Waals surface area contributed by atoms with Crippen LogP contribution in [0.15, 0.2) is 41.6 Å². The summed E-state index contributed by atoms with van der Waals surface area (Å²) in [4.78, 5) is 16.1. The van der Waals surface area contributed by atoms with E-state index in [0.717, 1.165) is 29.1 Å². The minimum absolute atomic E-state index is 0.0347. The predicted octanol–water partition coefficient (Wildman–Crippen LogP) is 3.34. The van der Waals surface area contributed by atoms with Gasteiger partial charge in [-0.25, -0.2) is 4.98 Å². The summed E-state index contributed by atoms with van der Waals surface area (Å²) in [6.07, 6.45) is 0.240. The van der Waals surface area contributed by atoms with E-state index in [1.54, 1.807) is 35.6 Å². The van der Waals surface area contributed by atoms with Crippen LogP contribution in [0.25, 0.3) is 22.2 Å².